The number of aliphatic carboxylic acids is 1. The Bertz CT molecular complexity index is 548. The van der Waals surface area contributed by atoms with Gasteiger partial charge in [0.25, 0.3) is 5.91 Å². The fourth-order valence-electron chi connectivity index (χ4n) is 2.04. The zero-order valence-corrected chi connectivity index (χ0v) is 12.2. The van der Waals surface area contributed by atoms with Crippen molar-refractivity contribution in [3.05, 3.63) is 28.8 Å². The average Bonchev–Trinajstić information content (AvgIpc) is 2.88. The molecule has 1 heterocycles. The molecule has 0 radical (unpaired) electrons. The van der Waals surface area contributed by atoms with E-state index in [2.05, 4.69) is 5.32 Å². The minimum atomic E-state index is -0.980. The summed E-state index contributed by atoms with van der Waals surface area (Å²) in [5.41, 5.74) is 0.852. The van der Waals surface area contributed by atoms with E-state index in [9.17, 15) is 9.59 Å². The Morgan fingerprint density at radius 3 is 2.90 bits per heavy atom. The molecule has 1 aromatic rings. The van der Waals surface area contributed by atoms with Crippen LogP contribution in [0.1, 0.15) is 5.56 Å². The predicted octanol–water partition coefficient (Wildman–Crippen LogP) is 1.24. The number of halogens is 1. The van der Waals surface area contributed by atoms with Crippen molar-refractivity contribution in [2.45, 2.75) is 13.0 Å². The molecule has 1 aromatic carbocycles. The second-order valence-electron chi connectivity index (χ2n) is 4.86. The maximum absolute atomic E-state index is 11.8. The molecule has 0 spiro atoms. The highest BCUT2D eigenvalue weighted by Crippen LogP contribution is 2.21. The van der Waals surface area contributed by atoms with Crippen molar-refractivity contribution in [3.63, 3.8) is 0 Å². The monoisotopic (exact) mass is 313 g/mol. The van der Waals surface area contributed by atoms with Crippen LogP contribution in [0, 0.1) is 12.8 Å². The van der Waals surface area contributed by atoms with Gasteiger partial charge in [-0.05, 0) is 30.7 Å². The first-order valence-corrected chi connectivity index (χ1v) is 6.84. The van der Waals surface area contributed by atoms with E-state index in [1.807, 2.05) is 6.92 Å². The van der Waals surface area contributed by atoms with Gasteiger partial charge in [0.15, 0.2) is 6.61 Å². The number of carboxylic acid groups (broad SMARTS) is 1. The van der Waals surface area contributed by atoms with Gasteiger partial charge < -0.3 is 19.9 Å². The Morgan fingerprint density at radius 2 is 2.24 bits per heavy atom. The second-order valence-corrected chi connectivity index (χ2v) is 5.26. The number of benzene rings is 1. The highest BCUT2D eigenvalue weighted by molar-refractivity contribution is 6.31. The number of aryl methyl sites for hydroxylation is 1. The van der Waals surface area contributed by atoms with E-state index in [4.69, 9.17) is 26.2 Å². The van der Waals surface area contributed by atoms with Crippen LogP contribution in [0.4, 0.5) is 0 Å². The summed E-state index contributed by atoms with van der Waals surface area (Å²) in [5.74, 6) is -1.55. The third-order valence-electron chi connectivity index (χ3n) is 3.24. The number of carbonyl (C=O) groups excluding carboxylic acids is 1. The number of rotatable bonds is 5. The Morgan fingerprint density at radius 1 is 1.48 bits per heavy atom. The molecule has 2 rings (SSSR count). The smallest absolute Gasteiger partial charge is 0.311 e. The zero-order chi connectivity index (χ0) is 15.4. The van der Waals surface area contributed by atoms with Gasteiger partial charge in [-0.2, -0.15) is 0 Å². The molecule has 2 N–H and O–H groups in total. The molecule has 6 nitrogen and oxygen atoms in total. The average molecular weight is 314 g/mol. The van der Waals surface area contributed by atoms with Crippen LogP contribution in [0.5, 0.6) is 5.75 Å². The molecule has 21 heavy (non-hydrogen) atoms. The van der Waals surface area contributed by atoms with E-state index in [0.29, 0.717) is 10.8 Å². The predicted molar refractivity (Wildman–Crippen MR) is 75.6 cm³/mol. The molecule has 2 atom stereocenters. The molecule has 7 heteroatoms. The number of ether oxygens (including phenoxy) is 2. The molecule has 0 aromatic heterocycles. The number of carbonyl (C=O) groups is 2. The summed E-state index contributed by atoms with van der Waals surface area (Å²) in [5, 5.41) is 12.2. The molecule has 1 fully saturated rings. The van der Waals surface area contributed by atoms with Crippen LogP contribution in [0.3, 0.4) is 0 Å². The topological polar surface area (TPSA) is 84.9 Å². The summed E-state index contributed by atoms with van der Waals surface area (Å²) in [7, 11) is 0. The molecular formula is C14H16ClNO5. The maximum atomic E-state index is 11.8. The summed E-state index contributed by atoms with van der Waals surface area (Å²) >= 11 is 5.90. The van der Waals surface area contributed by atoms with Crippen molar-refractivity contribution >= 4 is 23.5 Å². The summed E-state index contributed by atoms with van der Waals surface area (Å²) in [4.78, 5) is 22.7. The lowest BCUT2D eigenvalue weighted by molar-refractivity contribution is -0.142. The number of carboxylic acids is 1. The van der Waals surface area contributed by atoms with Gasteiger partial charge in [-0.1, -0.05) is 11.6 Å². The number of hydrogen-bond acceptors (Lipinski definition) is 4. The van der Waals surface area contributed by atoms with Crippen molar-refractivity contribution in [3.8, 4) is 5.75 Å². The normalized spacial score (nSPS) is 21.0. The highest BCUT2D eigenvalue weighted by Gasteiger charge is 2.35. The third kappa shape index (κ3) is 4.09. The van der Waals surface area contributed by atoms with E-state index in [1.165, 1.54) is 0 Å². The fourth-order valence-corrected chi connectivity index (χ4v) is 2.16. The van der Waals surface area contributed by atoms with Crippen molar-refractivity contribution in [1.29, 1.82) is 0 Å². The Balaban J connectivity index is 1.84. The van der Waals surface area contributed by atoms with E-state index in [-0.39, 0.29) is 25.7 Å². The first kappa shape index (κ1) is 15.6. The fraction of sp³-hybridized carbons (Fsp3) is 0.429. The molecule has 1 aliphatic heterocycles. The van der Waals surface area contributed by atoms with E-state index in [1.54, 1.807) is 18.2 Å². The quantitative estimate of drug-likeness (QED) is 0.854. The van der Waals surface area contributed by atoms with Crippen LogP contribution < -0.4 is 10.1 Å². The van der Waals surface area contributed by atoms with Crippen LogP contribution in [0.2, 0.25) is 5.02 Å². The maximum Gasteiger partial charge on any atom is 0.311 e. The minimum absolute atomic E-state index is 0.109. The number of hydrogen-bond donors (Lipinski definition) is 2. The van der Waals surface area contributed by atoms with Crippen molar-refractivity contribution in [1.82, 2.24) is 5.32 Å². The number of amides is 1. The Labute approximate surface area is 127 Å². The lowest BCUT2D eigenvalue weighted by atomic mass is 10.0. The van der Waals surface area contributed by atoms with Gasteiger partial charge in [0.05, 0.1) is 19.3 Å². The molecule has 2 unspecified atom stereocenters. The molecule has 0 bridgehead atoms. The van der Waals surface area contributed by atoms with Gasteiger partial charge in [-0.3, -0.25) is 9.59 Å². The lowest BCUT2D eigenvalue weighted by Gasteiger charge is -2.16. The Kier molecular flexibility index (Phi) is 5.03. The van der Waals surface area contributed by atoms with Crippen molar-refractivity contribution < 1.29 is 24.2 Å². The van der Waals surface area contributed by atoms with Crippen LogP contribution in [0.25, 0.3) is 0 Å². The van der Waals surface area contributed by atoms with Gasteiger partial charge in [-0.15, -0.1) is 0 Å². The standard InChI is InChI=1S/C14H16ClNO5/c1-8-4-9(2-3-11(8)15)21-7-13(17)16-12-6-20-5-10(12)14(18)19/h2-4,10,12H,5-7H2,1H3,(H,16,17)(H,18,19). The zero-order valence-electron chi connectivity index (χ0n) is 11.5. The molecule has 0 aliphatic carbocycles. The van der Waals surface area contributed by atoms with Crippen molar-refractivity contribution in [2.75, 3.05) is 19.8 Å². The molecule has 1 saturated heterocycles. The SMILES string of the molecule is Cc1cc(OCC(=O)NC2COCC2C(=O)O)ccc1Cl. The molecule has 114 valence electrons. The first-order valence-electron chi connectivity index (χ1n) is 6.46. The van der Waals surface area contributed by atoms with Crippen LogP contribution in [-0.2, 0) is 14.3 Å². The van der Waals surface area contributed by atoms with Gasteiger partial charge in [0.2, 0.25) is 0 Å². The van der Waals surface area contributed by atoms with Gasteiger partial charge in [-0.25, -0.2) is 0 Å². The first-order chi connectivity index (χ1) is 9.97. The van der Waals surface area contributed by atoms with E-state index in [0.717, 1.165) is 5.56 Å². The summed E-state index contributed by atoms with van der Waals surface area (Å²) in [6.07, 6.45) is 0. The minimum Gasteiger partial charge on any atom is -0.484 e. The van der Waals surface area contributed by atoms with E-state index < -0.39 is 17.9 Å². The largest absolute Gasteiger partial charge is 0.484 e. The number of nitrogens with one attached hydrogen (secondary N) is 1. The molecule has 0 saturated carbocycles. The second kappa shape index (κ2) is 6.78. The highest BCUT2D eigenvalue weighted by atomic mass is 35.5. The van der Waals surface area contributed by atoms with Crippen LogP contribution >= 0.6 is 11.6 Å². The third-order valence-corrected chi connectivity index (χ3v) is 3.67. The molecular weight excluding hydrogens is 298 g/mol. The van der Waals surface area contributed by atoms with Crippen LogP contribution in [0.15, 0.2) is 18.2 Å². The molecule has 1 amide bonds. The lowest BCUT2D eigenvalue weighted by Crippen LogP contribution is -2.44. The summed E-state index contributed by atoms with van der Waals surface area (Å²) in [6, 6.07) is 4.57. The van der Waals surface area contributed by atoms with E-state index >= 15 is 0 Å². The summed E-state index contributed by atoms with van der Waals surface area (Å²) < 4.78 is 10.4. The van der Waals surface area contributed by atoms with Gasteiger partial charge >= 0.3 is 5.97 Å². The van der Waals surface area contributed by atoms with Gasteiger partial charge in [0.1, 0.15) is 11.7 Å². The molecule has 1 aliphatic rings. The Hall–Kier alpha value is -1.79. The van der Waals surface area contributed by atoms with Crippen LogP contribution in [-0.4, -0.2) is 42.8 Å². The summed E-state index contributed by atoms with van der Waals surface area (Å²) in [6.45, 7) is 1.95. The van der Waals surface area contributed by atoms with Gasteiger partial charge in [0, 0.05) is 5.02 Å². The van der Waals surface area contributed by atoms with Crippen molar-refractivity contribution in [2.24, 2.45) is 5.92 Å².